The third-order valence-electron chi connectivity index (χ3n) is 4.68. The summed E-state index contributed by atoms with van der Waals surface area (Å²) in [6.07, 6.45) is 1.86. The van der Waals surface area contributed by atoms with Crippen LogP contribution in [0.5, 0.6) is 0 Å². The predicted octanol–water partition coefficient (Wildman–Crippen LogP) is -2.81. The fourth-order valence-corrected chi connectivity index (χ4v) is 3.75. The van der Waals surface area contributed by atoms with Gasteiger partial charge in [0.05, 0.1) is 12.3 Å². The van der Waals surface area contributed by atoms with Crippen molar-refractivity contribution in [2.24, 2.45) is 11.5 Å². The molecule has 0 spiro atoms. The minimum absolute atomic E-state index is 0.194. The van der Waals surface area contributed by atoms with Gasteiger partial charge in [0.15, 0.2) is 12.6 Å². The molecular weight excluding hydrogens is 284 g/mol. The largest absolute Gasteiger partial charge is 0.329 e. The number of hydrogen-bond donors (Lipinski definition) is 2. The second-order valence-electron chi connectivity index (χ2n) is 5.82. The lowest BCUT2D eigenvalue weighted by atomic mass is 10.2. The standard InChI is InChI=1S/C10H18N4.C2H8N2.C2H2O2/c1-2-12-7-8-14-4-3-13-6-5-11(1)9(12)10(13)14;2*3-1-2-4/h9-10H,1-8H2;1-4H2;1-2H. The molecule has 4 saturated heterocycles. The molecule has 4 fully saturated rings. The third kappa shape index (κ3) is 3.70. The molecule has 0 aromatic heterocycles. The summed E-state index contributed by atoms with van der Waals surface area (Å²) in [5, 5.41) is 0. The summed E-state index contributed by atoms with van der Waals surface area (Å²) in [7, 11) is 0. The first-order valence-electron chi connectivity index (χ1n) is 8.02. The molecule has 22 heavy (non-hydrogen) atoms. The molecule has 0 bridgehead atoms. The van der Waals surface area contributed by atoms with Crippen LogP contribution in [-0.4, -0.2) is 110 Å². The van der Waals surface area contributed by atoms with Crippen molar-refractivity contribution in [2.75, 3.05) is 65.4 Å². The molecule has 126 valence electrons. The van der Waals surface area contributed by atoms with Gasteiger partial charge in [0.1, 0.15) is 0 Å². The Balaban J connectivity index is 0.000000188. The summed E-state index contributed by atoms with van der Waals surface area (Å²) in [6.45, 7) is 11.6. The first kappa shape index (κ1) is 17.5. The van der Waals surface area contributed by atoms with Crippen LogP contribution in [0.25, 0.3) is 0 Å². The van der Waals surface area contributed by atoms with Crippen molar-refractivity contribution in [3.05, 3.63) is 0 Å². The van der Waals surface area contributed by atoms with E-state index in [0.717, 1.165) is 12.3 Å². The van der Waals surface area contributed by atoms with Crippen LogP contribution in [0.3, 0.4) is 0 Å². The van der Waals surface area contributed by atoms with Gasteiger partial charge in [-0.05, 0) is 0 Å². The summed E-state index contributed by atoms with van der Waals surface area (Å²) in [6, 6.07) is 0. The van der Waals surface area contributed by atoms with Crippen molar-refractivity contribution in [1.82, 2.24) is 19.6 Å². The van der Waals surface area contributed by atoms with Crippen LogP contribution in [0.1, 0.15) is 0 Å². The molecule has 0 atom stereocenters. The highest BCUT2D eigenvalue weighted by molar-refractivity contribution is 6.09. The summed E-state index contributed by atoms with van der Waals surface area (Å²) in [4.78, 5) is 28.4. The Hall–Kier alpha value is -0.900. The van der Waals surface area contributed by atoms with Crippen molar-refractivity contribution in [1.29, 1.82) is 0 Å². The van der Waals surface area contributed by atoms with E-state index in [9.17, 15) is 0 Å². The molecule has 8 nitrogen and oxygen atoms in total. The maximum absolute atomic E-state index is 8.81. The molecule has 4 aliphatic rings. The molecule has 4 rings (SSSR count). The number of carbonyl (C=O) groups is 2. The zero-order chi connectivity index (χ0) is 15.9. The van der Waals surface area contributed by atoms with Crippen LogP contribution < -0.4 is 11.5 Å². The SMILES string of the molecule is C1CN2CCN3CCN4CCN1C2C43.NCCN.O=CC=O. The van der Waals surface area contributed by atoms with Gasteiger partial charge in [-0.15, -0.1) is 0 Å². The fraction of sp³-hybridized carbons (Fsp3) is 0.857. The van der Waals surface area contributed by atoms with Crippen molar-refractivity contribution in [3.63, 3.8) is 0 Å². The van der Waals surface area contributed by atoms with Gasteiger partial charge in [-0.2, -0.15) is 0 Å². The van der Waals surface area contributed by atoms with Crippen LogP contribution in [0.15, 0.2) is 0 Å². The van der Waals surface area contributed by atoms with Gasteiger partial charge in [0.25, 0.3) is 0 Å². The second kappa shape index (κ2) is 8.66. The number of rotatable bonds is 2. The van der Waals surface area contributed by atoms with Crippen LogP contribution in [0.4, 0.5) is 0 Å². The van der Waals surface area contributed by atoms with Crippen molar-refractivity contribution >= 4 is 12.6 Å². The summed E-state index contributed by atoms with van der Waals surface area (Å²) >= 11 is 0. The lowest BCUT2D eigenvalue weighted by molar-refractivity contribution is -0.122. The van der Waals surface area contributed by atoms with Gasteiger partial charge in [-0.25, -0.2) is 0 Å². The Morgan fingerprint density at radius 1 is 0.636 bits per heavy atom. The second-order valence-corrected chi connectivity index (χ2v) is 5.82. The van der Waals surface area contributed by atoms with Crippen LogP contribution in [-0.2, 0) is 9.59 Å². The molecule has 4 heterocycles. The van der Waals surface area contributed by atoms with E-state index in [4.69, 9.17) is 21.1 Å². The smallest absolute Gasteiger partial charge is 0.182 e. The quantitative estimate of drug-likeness (QED) is 0.416. The summed E-state index contributed by atoms with van der Waals surface area (Å²) in [5.74, 6) is 0. The first-order chi connectivity index (χ1) is 10.8. The third-order valence-corrected chi connectivity index (χ3v) is 4.68. The van der Waals surface area contributed by atoms with Gasteiger partial charge in [0.2, 0.25) is 0 Å². The van der Waals surface area contributed by atoms with Gasteiger partial charge in [-0.1, -0.05) is 0 Å². The number of aldehydes is 2. The Labute approximate surface area is 132 Å². The highest BCUT2D eigenvalue weighted by Gasteiger charge is 2.50. The number of piperazine rings is 2. The highest BCUT2D eigenvalue weighted by Crippen LogP contribution is 2.32. The van der Waals surface area contributed by atoms with Gasteiger partial charge in [0, 0.05) is 65.4 Å². The fourth-order valence-electron chi connectivity index (χ4n) is 3.75. The van der Waals surface area contributed by atoms with E-state index >= 15 is 0 Å². The zero-order valence-electron chi connectivity index (χ0n) is 13.1. The van der Waals surface area contributed by atoms with Gasteiger partial charge in [-0.3, -0.25) is 29.2 Å². The average Bonchev–Trinajstić information content (AvgIpc) is 3.17. The molecule has 0 aliphatic carbocycles. The van der Waals surface area contributed by atoms with E-state index in [-0.39, 0.29) is 12.6 Å². The Morgan fingerprint density at radius 2 is 0.864 bits per heavy atom. The molecule has 4 aliphatic heterocycles. The molecule has 0 radical (unpaired) electrons. The molecule has 0 aromatic carbocycles. The molecule has 0 aromatic rings. The lowest BCUT2D eigenvalue weighted by Gasteiger charge is -2.49. The number of carbonyl (C=O) groups excluding carboxylic acids is 2. The zero-order valence-corrected chi connectivity index (χ0v) is 13.1. The van der Waals surface area contributed by atoms with Gasteiger partial charge < -0.3 is 11.5 Å². The molecule has 4 N–H and O–H groups in total. The maximum Gasteiger partial charge on any atom is 0.182 e. The van der Waals surface area contributed by atoms with Crippen LogP contribution in [0.2, 0.25) is 0 Å². The Morgan fingerprint density at radius 3 is 1.00 bits per heavy atom. The van der Waals surface area contributed by atoms with E-state index in [2.05, 4.69) is 19.6 Å². The van der Waals surface area contributed by atoms with Crippen molar-refractivity contribution < 1.29 is 9.59 Å². The monoisotopic (exact) mass is 312 g/mol. The lowest BCUT2D eigenvalue weighted by Crippen LogP contribution is -2.66. The molecule has 0 unspecified atom stereocenters. The topological polar surface area (TPSA) is 99.1 Å². The van der Waals surface area contributed by atoms with Crippen LogP contribution in [0, 0.1) is 0 Å². The highest BCUT2D eigenvalue weighted by atomic mass is 16.2. The summed E-state index contributed by atoms with van der Waals surface area (Å²) < 4.78 is 0. The Bertz CT molecular complexity index is 311. The molecule has 0 saturated carbocycles. The summed E-state index contributed by atoms with van der Waals surface area (Å²) in [5.41, 5.74) is 9.81. The van der Waals surface area contributed by atoms with Crippen LogP contribution >= 0.6 is 0 Å². The van der Waals surface area contributed by atoms with E-state index in [1.807, 2.05) is 0 Å². The molecule has 0 amide bonds. The van der Waals surface area contributed by atoms with Gasteiger partial charge >= 0.3 is 0 Å². The van der Waals surface area contributed by atoms with Crippen molar-refractivity contribution in [2.45, 2.75) is 12.3 Å². The molecule has 8 heteroatoms. The first-order valence-corrected chi connectivity index (χ1v) is 8.02. The predicted molar refractivity (Wildman–Crippen MR) is 84.1 cm³/mol. The van der Waals surface area contributed by atoms with Crippen molar-refractivity contribution in [3.8, 4) is 0 Å². The Kier molecular flexibility index (Phi) is 6.87. The average molecular weight is 312 g/mol. The molecular formula is C14H28N6O2. The van der Waals surface area contributed by atoms with E-state index in [1.54, 1.807) is 0 Å². The van der Waals surface area contributed by atoms with E-state index in [0.29, 0.717) is 13.1 Å². The number of hydrogen-bond acceptors (Lipinski definition) is 8. The van der Waals surface area contributed by atoms with E-state index < -0.39 is 0 Å². The minimum Gasteiger partial charge on any atom is -0.329 e. The van der Waals surface area contributed by atoms with E-state index in [1.165, 1.54) is 52.4 Å². The normalized spacial score (nSPS) is 30.6. The number of nitrogens with two attached hydrogens (primary N) is 2. The number of nitrogens with zero attached hydrogens (tertiary/aromatic N) is 4. The maximum atomic E-state index is 8.81. The minimum atomic E-state index is 0.194.